The second-order valence-electron chi connectivity index (χ2n) is 8.05. The van der Waals surface area contributed by atoms with E-state index in [0.29, 0.717) is 29.4 Å². The van der Waals surface area contributed by atoms with Crippen LogP contribution in [0, 0.1) is 11.3 Å². The number of nitrogens with one attached hydrogen (secondary N) is 2. The molecule has 6 heteroatoms. The first-order valence-electron chi connectivity index (χ1n) is 9.67. The van der Waals surface area contributed by atoms with Crippen LogP contribution in [0.3, 0.4) is 0 Å². The first kappa shape index (κ1) is 17.3. The lowest BCUT2D eigenvalue weighted by Gasteiger charge is -2.57. The predicted molar refractivity (Wildman–Crippen MR) is 102 cm³/mol. The highest BCUT2D eigenvalue weighted by Gasteiger charge is 2.65. The van der Waals surface area contributed by atoms with Gasteiger partial charge >= 0.3 is 0 Å². The van der Waals surface area contributed by atoms with Crippen LogP contribution in [0.15, 0.2) is 10.4 Å². The number of nitrogens with zero attached hydrogens (tertiary/aromatic N) is 2. The SMILES string of the molecule is CN=C(NCc1nc(C(C)C)cs1)NC1C2CCOC2C12CCCC2. The minimum Gasteiger partial charge on any atom is -0.377 e. The Hall–Kier alpha value is -1.14. The third-order valence-electron chi connectivity index (χ3n) is 6.37. The summed E-state index contributed by atoms with van der Waals surface area (Å²) in [5, 5.41) is 10.5. The topological polar surface area (TPSA) is 58.5 Å². The number of aliphatic imine (C=N–C) groups is 1. The molecule has 3 fully saturated rings. The van der Waals surface area contributed by atoms with E-state index in [2.05, 4.69) is 34.9 Å². The van der Waals surface area contributed by atoms with Gasteiger partial charge in [0.25, 0.3) is 0 Å². The van der Waals surface area contributed by atoms with Gasteiger partial charge in [-0.2, -0.15) is 0 Å². The molecule has 2 heterocycles. The normalized spacial score (nSPS) is 30.6. The van der Waals surface area contributed by atoms with Crippen LogP contribution in [-0.2, 0) is 11.3 Å². The van der Waals surface area contributed by atoms with E-state index in [-0.39, 0.29) is 0 Å². The van der Waals surface area contributed by atoms with Crippen molar-refractivity contribution in [2.75, 3.05) is 13.7 Å². The number of hydrogen-bond acceptors (Lipinski definition) is 4. The van der Waals surface area contributed by atoms with E-state index in [0.717, 1.165) is 24.1 Å². The van der Waals surface area contributed by atoms with Crippen molar-refractivity contribution in [3.8, 4) is 0 Å². The van der Waals surface area contributed by atoms with Crippen molar-refractivity contribution in [3.05, 3.63) is 16.1 Å². The number of thiazole rings is 1. The summed E-state index contributed by atoms with van der Waals surface area (Å²) in [4.78, 5) is 9.17. The Bertz CT molecular complexity index is 635. The fourth-order valence-corrected chi connectivity index (χ4v) is 5.97. The number of rotatable bonds is 4. The largest absolute Gasteiger partial charge is 0.377 e. The van der Waals surface area contributed by atoms with Gasteiger partial charge in [-0.25, -0.2) is 4.98 Å². The van der Waals surface area contributed by atoms with Crippen molar-refractivity contribution in [3.63, 3.8) is 0 Å². The second kappa shape index (κ2) is 6.88. The molecule has 5 nitrogen and oxygen atoms in total. The molecule has 138 valence electrons. The zero-order chi connectivity index (χ0) is 17.4. The van der Waals surface area contributed by atoms with Crippen molar-refractivity contribution in [1.29, 1.82) is 0 Å². The average Bonchev–Trinajstić information content (AvgIpc) is 3.34. The maximum atomic E-state index is 6.08. The highest BCUT2D eigenvalue weighted by Crippen LogP contribution is 2.60. The molecule has 3 atom stereocenters. The first-order valence-corrected chi connectivity index (χ1v) is 10.5. The molecule has 1 spiro atoms. The van der Waals surface area contributed by atoms with E-state index in [1.165, 1.54) is 37.8 Å². The monoisotopic (exact) mass is 362 g/mol. The maximum Gasteiger partial charge on any atom is 0.191 e. The Morgan fingerprint density at radius 1 is 1.44 bits per heavy atom. The number of guanidine groups is 1. The molecular weight excluding hydrogens is 332 g/mol. The highest BCUT2D eigenvalue weighted by molar-refractivity contribution is 7.09. The van der Waals surface area contributed by atoms with Crippen LogP contribution in [0.4, 0.5) is 0 Å². The summed E-state index contributed by atoms with van der Waals surface area (Å²) >= 11 is 1.73. The summed E-state index contributed by atoms with van der Waals surface area (Å²) < 4.78 is 6.08. The molecule has 1 aromatic rings. The molecule has 0 aromatic carbocycles. The van der Waals surface area contributed by atoms with Crippen LogP contribution in [0.5, 0.6) is 0 Å². The summed E-state index contributed by atoms with van der Waals surface area (Å²) in [6.45, 7) is 6.04. The number of hydrogen-bond donors (Lipinski definition) is 2. The van der Waals surface area contributed by atoms with E-state index < -0.39 is 0 Å². The van der Waals surface area contributed by atoms with Gasteiger partial charge in [-0.05, 0) is 25.2 Å². The van der Waals surface area contributed by atoms with E-state index in [9.17, 15) is 0 Å². The smallest absolute Gasteiger partial charge is 0.191 e. The molecule has 1 aromatic heterocycles. The average molecular weight is 363 g/mol. The van der Waals surface area contributed by atoms with Gasteiger partial charge in [-0.15, -0.1) is 11.3 Å². The lowest BCUT2D eigenvalue weighted by Crippen LogP contribution is -2.69. The van der Waals surface area contributed by atoms with Gasteiger partial charge in [0.1, 0.15) is 5.01 Å². The third kappa shape index (κ3) is 2.97. The fourth-order valence-electron chi connectivity index (χ4n) is 5.08. The quantitative estimate of drug-likeness (QED) is 0.637. The van der Waals surface area contributed by atoms with Crippen LogP contribution < -0.4 is 10.6 Å². The minimum atomic E-state index is 0.352. The molecule has 0 amide bonds. The minimum absolute atomic E-state index is 0.352. The van der Waals surface area contributed by atoms with Gasteiger partial charge in [-0.1, -0.05) is 26.7 Å². The first-order chi connectivity index (χ1) is 12.1. The molecule has 0 radical (unpaired) electrons. The second-order valence-corrected chi connectivity index (χ2v) is 9.00. The lowest BCUT2D eigenvalue weighted by molar-refractivity contribution is -0.125. The number of fused-ring (bicyclic) bond motifs is 2. The molecule has 3 unspecified atom stereocenters. The third-order valence-corrected chi connectivity index (χ3v) is 7.24. The summed E-state index contributed by atoms with van der Waals surface area (Å²) in [7, 11) is 1.86. The molecule has 1 saturated heterocycles. The van der Waals surface area contributed by atoms with Crippen LogP contribution in [0.2, 0.25) is 0 Å². The van der Waals surface area contributed by atoms with Gasteiger partial charge < -0.3 is 15.4 Å². The Morgan fingerprint density at radius 2 is 2.24 bits per heavy atom. The summed E-state index contributed by atoms with van der Waals surface area (Å²) in [6.07, 6.45) is 6.95. The Balaban J connectivity index is 1.38. The molecule has 2 N–H and O–H groups in total. The summed E-state index contributed by atoms with van der Waals surface area (Å²) in [5.74, 6) is 2.05. The van der Waals surface area contributed by atoms with Crippen molar-refractivity contribution in [2.24, 2.45) is 16.3 Å². The van der Waals surface area contributed by atoms with Crippen molar-refractivity contribution >= 4 is 17.3 Å². The van der Waals surface area contributed by atoms with Crippen LogP contribution in [-0.4, -0.2) is 36.7 Å². The number of aromatic nitrogens is 1. The van der Waals surface area contributed by atoms with Gasteiger partial charge in [0.05, 0.1) is 18.3 Å². The maximum absolute atomic E-state index is 6.08. The molecule has 4 rings (SSSR count). The molecule has 1 aliphatic heterocycles. The molecule has 2 aliphatic carbocycles. The molecule has 0 bridgehead atoms. The van der Waals surface area contributed by atoms with Gasteiger partial charge in [0, 0.05) is 36.4 Å². The highest BCUT2D eigenvalue weighted by atomic mass is 32.1. The van der Waals surface area contributed by atoms with Crippen molar-refractivity contribution in [2.45, 2.75) is 70.6 Å². The van der Waals surface area contributed by atoms with Crippen molar-refractivity contribution < 1.29 is 4.74 Å². The molecular formula is C19H30N4OS. The molecule has 2 saturated carbocycles. The van der Waals surface area contributed by atoms with Gasteiger partial charge in [0.15, 0.2) is 5.96 Å². The zero-order valence-corrected chi connectivity index (χ0v) is 16.4. The Kier molecular flexibility index (Phi) is 4.75. The molecule has 3 aliphatic rings. The van der Waals surface area contributed by atoms with E-state index >= 15 is 0 Å². The molecule has 25 heavy (non-hydrogen) atoms. The van der Waals surface area contributed by atoms with Crippen LogP contribution in [0.1, 0.15) is 62.6 Å². The number of ether oxygens (including phenoxy) is 1. The Morgan fingerprint density at radius 3 is 2.92 bits per heavy atom. The van der Waals surface area contributed by atoms with E-state index in [4.69, 9.17) is 9.72 Å². The predicted octanol–water partition coefficient (Wildman–Crippen LogP) is 3.28. The van der Waals surface area contributed by atoms with Gasteiger partial charge in [0.2, 0.25) is 0 Å². The van der Waals surface area contributed by atoms with E-state index in [1.807, 2.05) is 7.05 Å². The van der Waals surface area contributed by atoms with Crippen LogP contribution >= 0.6 is 11.3 Å². The van der Waals surface area contributed by atoms with Gasteiger partial charge in [-0.3, -0.25) is 4.99 Å². The Labute approximate surface area is 154 Å². The fraction of sp³-hybridized carbons (Fsp3) is 0.789. The van der Waals surface area contributed by atoms with Crippen molar-refractivity contribution in [1.82, 2.24) is 15.6 Å². The zero-order valence-electron chi connectivity index (χ0n) is 15.5. The summed E-state index contributed by atoms with van der Waals surface area (Å²) in [6, 6.07) is 0.510. The summed E-state index contributed by atoms with van der Waals surface area (Å²) in [5.41, 5.74) is 1.53. The van der Waals surface area contributed by atoms with E-state index in [1.54, 1.807) is 11.3 Å². The standard InChI is InChI=1S/C19H30N4OS/c1-12(2)14-11-25-15(22-14)10-21-18(20-3)23-16-13-6-9-24-17(13)19(16)7-4-5-8-19/h11-13,16-17H,4-10H2,1-3H3,(H2,20,21,23). The van der Waals surface area contributed by atoms with Crippen LogP contribution in [0.25, 0.3) is 0 Å². The lowest BCUT2D eigenvalue weighted by atomic mass is 9.54.